The number of nitrogens with two attached hydrogens (primary N) is 1. The molecule has 2 heterocycles. The van der Waals surface area contributed by atoms with Crippen molar-refractivity contribution in [2.24, 2.45) is 5.73 Å². The van der Waals surface area contributed by atoms with Crippen LogP contribution < -0.4 is 5.73 Å². The van der Waals surface area contributed by atoms with Crippen molar-refractivity contribution in [3.8, 4) is 0 Å². The highest BCUT2D eigenvalue weighted by molar-refractivity contribution is 5.35. The van der Waals surface area contributed by atoms with Crippen LogP contribution in [-0.2, 0) is 13.1 Å². The van der Waals surface area contributed by atoms with Crippen LogP contribution in [0.1, 0.15) is 22.9 Å². The van der Waals surface area contributed by atoms with E-state index < -0.39 is 0 Å². The predicted octanol–water partition coefficient (Wildman–Crippen LogP) is 2.43. The predicted molar refractivity (Wildman–Crippen MR) is 66.2 cm³/mol. The number of fused-ring (bicyclic) bond motifs is 1. The maximum Gasteiger partial charge on any atom is 0.123 e. The number of nitrogens with zero attached hydrogens (tertiary/aromatic N) is 1. The summed E-state index contributed by atoms with van der Waals surface area (Å²) >= 11 is 0. The summed E-state index contributed by atoms with van der Waals surface area (Å²) in [7, 11) is 0. The first-order valence-corrected chi connectivity index (χ1v) is 6.03. The smallest absolute Gasteiger partial charge is 0.123 e. The molecule has 0 bridgehead atoms. The van der Waals surface area contributed by atoms with Crippen molar-refractivity contribution in [2.75, 3.05) is 6.54 Å². The van der Waals surface area contributed by atoms with Gasteiger partial charge in [-0.05, 0) is 35.4 Å². The first kappa shape index (κ1) is 11.4. The molecule has 3 rings (SSSR count). The molecule has 0 fully saturated rings. The van der Waals surface area contributed by atoms with Gasteiger partial charge in [-0.3, -0.25) is 4.90 Å². The molecule has 1 atom stereocenters. The van der Waals surface area contributed by atoms with Crippen molar-refractivity contribution in [2.45, 2.75) is 19.1 Å². The Bertz CT molecular complexity index is 539. The Labute approximate surface area is 105 Å². The molecule has 0 aliphatic carbocycles. The Morgan fingerprint density at radius 2 is 2.28 bits per heavy atom. The second-order valence-electron chi connectivity index (χ2n) is 4.58. The third-order valence-corrected chi connectivity index (χ3v) is 3.44. The number of hydrogen-bond donors (Lipinski definition) is 1. The molecule has 1 aliphatic heterocycles. The molecule has 0 amide bonds. The van der Waals surface area contributed by atoms with Crippen LogP contribution in [0.2, 0.25) is 0 Å². The Hall–Kier alpha value is -1.65. The fourth-order valence-electron chi connectivity index (χ4n) is 2.59. The van der Waals surface area contributed by atoms with Crippen molar-refractivity contribution >= 4 is 0 Å². The summed E-state index contributed by atoms with van der Waals surface area (Å²) in [5.41, 5.74) is 7.98. The van der Waals surface area contributed by atoms with Crippen LogP contribution in [0.4, 0.5) is 4.39 Å². The van der Waals surface area contributed by atoms with Crippen LogP contribution in [0.25, 0.3) is 0 Å². The number of rotatable bonds is 3. The van der Waals surface area contributed by atoms with Crippen molar-refractivity contribution in [1.29, 1.82) is 0 Å². The molecule has 2 N–H and O–H groups in total. The summed E-state index contributed by atoms with van der Waals surface area (Å²) in [5.74, 6) is 0.703. The number of hydrogen-bond acceptors (Lipinski definition) is 3. The second kappa shape index (κ2) is 4.55. The fourth-order valence-corrected chi connectivity index (χ4v) is 2.59. The van der Waals surface area contributed by atoms with Gasteiger partial charge in [0.25, 0.3) is 0 Å². The van der Waals surface area contributed by atoms with Gasteiger partial charge in [-0.2, -0.15) is 0 Å². The van der Waals surface area contributed by atoms with E-state index in [2.05, 4.69) is 4.90 Å². The van der Waals surface area contributed by atoms with Crippen LogP contribution in [0, 0.1) is 5.82 Å². The fraction of sp³-hybridized carbons (Fsp3) is 0.286. The molecule has 18 heavy (non-hydrogen) atoms. The third kappa shape index (κ3) is 1.94. The van der Waals surface area contributed by atoms with Gasteiger partial charge < -0.3 is 10.2 Å². The molecule has 0 spiro atoms. The van der Waals surface area contributed by atoms with Crippen molar-refractivity contribution in [3.05, 3.63) is 59.3 Å². The standard InChI is InChI=1S/C14H15FN2O/c15-11-4-3-10-8-17(9-12-2-1-5-18-12)14(7-16)13(10)6-11/h1-6,14H,7-9,16H2. The molecule has 1 aromatic heterocycles. The van der Waals surface area contributed by atoms with Crippen molar-refractivity contribution in [3.63, 3.8) is 0 Å². The molecule has 2 aromatic rings. The molecule has 4 heteroatoms. The van der Waals surface area contributed by atoms with Crippen LogP contribution in [0.3, 0.4) is 0 Å². The Morgan fingerprint density at radius 1 is 1.39 bits per heavy atom. The van der Waals surface area contributed by atoms with Crippen LogP contribution in [0.5, 0.6) is 0 Å². The Morgan fingerprint density at radius 3 is 3.00 bits per heavy atom. The van der Waals surface area contributed by atoms with Gasteiger partial charge in [-0.15, -0.1) is 0 Å². The van der Waals surface area contributed by atoms with Gasteiger partial charge in [0.15, 0.2) is 0 Å². The third-order valence-electron chi connectivity index (χ3n) is 3.44. The summed E-state index contributed by atoms with van der Waals surface area (Å²) in [4.78, 5) is 2.21. The summed E-state index contributed by atoms with van der Waals surface area (Å²) < 4.78 is 18.7. The van der Waals surface area contributed by atoms with Gasteiger partial charge >= 0.3 is 0 Å². The molecular weight excluding hydrogens is 231 g/mol. The van der Waals surface area contributed by atoms with E-state index in [0.29, 0.717) is 13.1 Å². The SMILES string of the molecule is NCC1c2cc(F)ccc2CN1Cc1ccco1. The maximum absolute atomic E-state index is 13.3. The lowest BCUT2D eigenvalue weighted by atomic mass is 10.0. The maximum atomic E-state index is 13.3. The lowest BCUT2D eigenvalue weighted by molar-refractivity contribution is 0.194. The van der Waals surface area contributed by atoms with E-state index in [-0.39, 0.29) is 11.9 Å². The van der Waals surface area contributed by atoms with Gasteiger partial charge in [0.1, 0.15) is 11.6 Å². The van der Waals surface area contributed by atoms with Crippen molar-refractivity contribution in [1.82, 2.24) is 4.90 Å². The van der Waals surface area contributed by atoms with Crippen LogP contribution >= 0.6 is 0 Å². The van der Waals surface area contributed by atoms with Crippen molar-refractivity contribution < 1.29 is 8.81 Å². The minimum Gasteiger partial charge on any atom is -0.468 e. The monoisotopic (exact) mass is 246 g/mol. The minimum atomic E-state index is -0.202. The molecule has 0 saturated carbocycles. The molecular formula is C14H15FN2O. The van der Waals surface area contributed by atoms with E-state index in [9.17, 15) is 4.39 Å². The number of benzene rings is 1. The van der Waals surface area contributed by atoms with E-state index in [1.807, 2.05) is 18.2 Å². The van der Waals surface area contributed by atoms with Gasteiger partial charge in [-0.25, -0.2) is 4.39 Å². The average Bonchev–Trinajstić information content (AvgIpc) is 2.96. The molecule has 1 aliphatic rings. The molecule has 1 aromatic carbocycles. The second-order valence-corrected chi connectivity index (χ2v) is 4.58. The van der Waals surface area contributed by atoms with Gasteiger partial charge in [-0.1, -0.05) is 6.07 Å². The minimum absolute atomic E-state index is 0.0702. The molecule has 3 nitrogen and oxygen atoms in total. The normalized spacial score (nSPS) is 19.1. The highest BCUT2D eigenvalue weighted by atomic mass is 19.1. The number of halogens is 1. The van der Waals surface area contributed by atoms with E-state index >= 15 is 0 Å². The van der Waals surface area contributed by atoms with Gasteiger partial charge in [0, 0.05) is 19.1 Å². The molecule has 1 unspecified atom stereocenters. The van der Waals surface area contributed by atoms with Gasteiger partial charge in [0.2, 0.25) is 0 Å². The van der Waals surface area contributed by atoms with E-state index in [1.165, 1.54) is 6.07 Å². The lowest BCUT2D eigenvalue weighted by Crippen LogP contribution is -2.27. The largest absolute Gasteiger partial charge is 0.468 e. The van der Waals surface area contributed by atoms with Crippen LogP contribution in [-0.4, -0.2) is 11.4 Å². The summed E-state index contributed by atoms with van der Waals surface area (Å²) in [5, 5.41) is 0. The zero-order valence-corrected chi connectivity index (χ0v) is 9.97. The first-order chi connectivity index (χ1) is 8.78. The highest BCUT2D eigenvalue weighted by Crippen LogP contribution is 2.34. The lowest BCUT2D eigenvalue weighted by Gasteiger charge is -2.22. The molecule has 0 saturated heterocycles. The Balaban J connectivity index is 1.87. The van der Waals surface area contributed by atoms with Crippen LogP contribution in [0.15, 0.2) is 41.0 Å². The van der Waals surface area contributed by atoms with E-state index in [1.54, 1.807) is 12.3 Å². The summed E-state index contributed by atoms with van der Waals surface area (Å²) in [6.45, 7) is 1.97. The molecule has 94 valence electrons. The highest BCUT2D eigenvalue weighted by Gasteiger charge is 2.29. The van der Waals surface area contributed by atoms with Gasteiger partial charge in [0.05, 0.1) is 12.8 Å². The number of furan rings is 1. The average molecular weight is 246 g/mol. The summed E-state index contributed by atoms with van der Waals surface area (Å²) in [6, 6.07) is 8.82. The van der Waals surface area contributed by atoms with E-state index in [4.69, 9.17) is 10.2 Å². The quantitative estimate of drug-likeness (QED) is 0.904. The summed E-state index contributed by atoms with van der Waals surface area (Å²) in [6.07, 6.45) is 1.66. The zero-order valence-electron chi connectivity index (χ0n) is 9.97. The van der Waals surface area contributed by atoms with E-state index in [0.717, 1.165) is 23.4 Å². The Kier molecular flexibility index (Phi) is 2.89. The molecule has 0 radical (unpaired) electrons. The first-order valence-electron chi connectivity index (χ1n) is 6.03. The topological polar surface area (TPSA) is 42.4 Å². The zero-order chi connectivity index (χ0) is 12.5.